The van der Waals surface area contributed by atoms with Gasteiger partial charge in [-0.05, 0) is 49.8 Å². The predicted octanol–water partition coefficient (Wildman–Crippen LogP) is 2.10. The van der Waals surface area contributed by atoms with E-state index in [9.17, 15) is 9.59 Å². The molecule has 0 radical (unpaired) electrons. The Hall–Kier alpha value is -2.04. The second-order valence-electron chi connectivity index (χ2n) is 6.21. The lowest BCUT2D eigenvalue weighted by Crippen LogP contribution is -2.20. The topological polar surface area (TPSA) is 64.8 Å². The third-order valence-corrected chi connectivity index (χ3v) is 4.39. The van der Waals surface area contributed by atoms with Gasteiger partial charge in [0.1, 0.15) is 17.6 Å². The van der Waals surface area contributed by atoms with E-state index >= 15 is 0 Å². The van der Waals surface area contributed by atoms with Crippen LogP contribution in [-0.2, 0) is 16.0 Å². The van der Waals surface area contributed by atoms with Gasteiger partial charge in [-0.15, -0.1) is 5.10 Å². The number of aldehydes is 1. The Kier molecular flexibility index (Phi) is 2.87. The highest BCUT2D eigenvalue weighted by Gasteiger charge is 2.34. The smallest absolute Gasteiger partial charge is 0.146 e. The van der Waals surface area contributed by atoms with Crippen LogP contribution in [0.1, 0.15) is 37.3 Å². The van der Waals surface area contributed by atoms with E-state index in [2.05, 4.69) is 10.3 Å². The van der Waals surface area contributed by atoms with Crippen molar-refractivity contribution in [1.82, 2.24) is 15.0 Å². The third-order valence-electron chi connectivity index (χ3n) is 4.39. The zero-order valence-electron chi connectivity index (χ0n) is 11.7. The van der Waals surface area contributed by atoms with Crippen LogP contribution in [0.2, 0.25) is 0 Å². The first-order valence-corrected chi connectivity index (χ1v) is 7.59. The summed E-state index contributed by atoms with van der Waals surface area (Å²) in [4.78, 5) is 23.3. The Labute approximate surface area is 122 Å². The van der Waals surface area contributed by atoms with E-state index in [0.717, 1.165) is 48.6 Å². The summed E-state index contributed by atoms with van der Waals surface area (Å²) >= 11 is 0. The van der Waals surface area contributed by atoms with Crippen molar-refractivity contribution in [2.75, 3.05) is 0 Å². The number of carbonyl (C=O) groups is 2. The van der Waals surface area contributed by atoms with Crippen LogP contribution in [-0.4, -0.2) is 27.1 Å². The van der Waals surface area contributed by atoms with Gasteiger partial charge in [-0.1, -0.05) is 11.3 Å². The van der Waals surface area contributed by atoms with E-state index < -0.39 is 5.92 Å². The van der Waals surface area contributed by atoms with Gasteiger partial charge >= 0.3 is 0 Å². The maximum absolute atomic E-state index is 12.1. The first-order valence-electron chi connectivity index (χ1n) is 7.59. The lowest BCUT2D eigenvalue weighted by Gasteiger charge is -2.09. The summed E-state index contributed by atoms with van der Waals surface area (Å²) in [5, 5.41) is 8.37. The van der Waals surface area contributed by atoms with Crippen molar-refractivity contribution >= 4 is 23.1 Å². The normalized spacial score (nSPS) is 19.6. The predicted molar refractivity (Wildman–Crippen MR) is 76.8 cm³/mol. The molecule has 1 aromatic heterocycles. The summed E-state index contributed by atoms with van der Waals surface area (Å²) in [6.07, 6.45) is 5.49. The average molecular weight is 283 g/mol. The first-order chi connectivity index (χ1) is 10.3. The first kappa shape index (κ1) is 12.7. The molecule has 21 heavy (non-hydrogen) atoms. The number of hydrogen-bond acceptors (Lipinski definition) is 4. The molecule has 0 N–H and O–H groups in total. The van der Waals surface area contributed by atoms with E-state index in [1.165, 1.54) is 0 Å². The minimum Gasteiger partial charge on any atom is -0.303 e. The van der Waals surface area contributed by atoms with Gasteiger partial charge in [0, 0.05) is 5.92 Å². The second kappa shape index (κ2) is 4.76. The molecule has 5 nitrogen and oxygen atoms in total. The average Bonchev–Trinajstić information content (AvgIpc) is 3.41. The highest BCUT2D eigenvalue weighted by atomic mass is 16.1. The quantitative estimate of drug-likeness (QED) is 0.601. The van der Waals surface area contributed by atoms with Gasteiger partial charge in [0.2, 0.25) is 0 Å². The monoisotopic (exact) mass is 283 g/mol. The van der Waals surface area contributed by atoms with Crippen LogP contribution < -0.4 is 0 Å². The van der Waals surface area contributed by atoms with E-state index in [1.807, 2.05) is 22.9 Å². The second-order valence-corrected chi connectivity index (χ2v) is 6.21. The zero-order valence-corrected chi connectivity index (χ0v) is 11.7. The molecule has 1 heterocycles. The molecule has 0 spiro atoms. The molecule has 0 bridgehead atoms. The Bertz CT molecular complexity index is 713. The Morgan fingerprint density at radius 3 is 2.81 bits per heavy atom. The molecule has 1 atom stereocenters. The number of benzene rings is 1. The van der Waals surface area contributed by atoms with E-state index in [1.54, 1.807) is 0 Å². The van der Waals surface area contributed by atoms with Crippen LogP contribution >= 0.6 is 0 Å². The van der Waals surface area contributed by atoms with Crippen molar-refractivity contribution < 1.29 is 9.59 Å². The number of ketones is 1. The molecule has 2 fully saturated rings. The molecule has 0 aliphatic heterocycles. The molecule has 2 aliphatic rings. The molecule has 0 amide bonds. The molecule has 0 saturated heterocycles. The fourth-order valence-corrected chi connectivity index (χ4v) is 2.84. The lowest BCUT2D eigenvalue weighted by molar-refractivity contribution is -0.128. The Morgan fingerprint density at radius 1 is 1.33 bits per heavy atom. The summed E-state index contributed by atoms with van der Waals surface area (Å²) in [7, 11) is 0. The molecule has 4 rings (SSSR count). The summed E-state index contributed by atoms with van der Waals surface area (Å²) in [5.74, 6) is -0.262. The number of aromatic nitrogens is 3. The molecular formula is C16H17N3O2. The highest BCUT2D eigenvalue weighted by Crippen LogP contribution is 2.36. The molecule has 2 aliphatic carbocycles. The van der Waals surface area contributed by atoms with Gasteiger partial charge in [0.05, 0.1) is 17.5 Å². The van der Waals surface area contributed by atoms with Crippen molar-refractivity contribution in [3.63, 3.8) is 0 Å². The largest absolute Gasteiger partial charge is 0.303 e. The van der Waals surface area contributed by atoms with Crippen LogP contribution in [0, 0.1) is 11.8 Å². The summed E-state index contributed by atoms with van der Waals surface area (Å²) < 4.78 is 1.97. The number of Topliss-reactive ketones (excluding diaryl/α,β-unsaturated/α-hetero) is 1. The van der Waals surface area contributed by atoms with Crippen molar-refractivity contribution in [3.05, 3.63) is 23.8 Å². The molecular weight excluding hydrogens is 266 g/mol. The minimum absolute atomic E-state index is 0.110. The fraction of sp³-hybridized carbons (Fsp3) is 0.500. The van der Waals surface area contributed by atoms with Gasteiger partial charge < -0.3 is 4.79 Å². The molecule has 2 aromatic rings. The summed E-state index contributed by atoms with van der Waals surface area (Å²) in [6.45, 7) is 0. The maximum Gasteiger partial charge on any atom is 0.146 e. The molecule has 1 unspecified atom stereocenters. The lowest BCUT2D eigenvalue weighted by atomic mass is 9.94. The fourth-order valence-electron chi connectivity index (χ4n) is 2.84. The van der Waals surface area contributed by atoms with E-state index in [0.29, 0.717) is 12.5 Å². The van der Waals surface area contributed by atoms with Crippen molar-refractivity contribution in [1.29, 1.82) is 0 Å². The van der Waals surface area contributed by atoms with Crippen LogP contribution in [0.4, 0.5) is 0 Å². The molecule has 5 heteroatoms. The Balaban J connectivity index is 1.61. The van der Waals surface area contributed by atoms with Crippen LogP contribution in [0.3, 0.4) is 0 Å². The summed E-state index contributed by atoms with van der Waals surface area (Å²) in [6, 6.07) is 6.38. The zero-order chi connectivity index (χ0) is 14.4. The molecule has 2 saturated carbocycles. The standard InChI is InChI=1S/C16H17N3O2/c20-9-12(16(21)11-2-3-11)7-10-1-6-14-15(8-10)19(18-17-14)13-4-5-13/h1,6,8-9,11-13H,2-5,7H2. The number of carbonyl (C=O) groups excluding carboxylic acids is 2. The van der Waals surface area contributed by atoms with Crippen molar-refractivity contribution in [2.45, 2.75) is 38.1 Å². The van der Waals surface area contributed by atoms with Gasteiger partial charge in [0.25, 0.3) is 0 Å². The van der Waals surface area contributed by atoms with Gasteiger partial charge in [-0.25, -0.2) is 4.68 Å². The third kappa shape index (κ3) is 2.37. The minimum atomic E-state index is -0.500. The van der Waals surface area contributed by atoms with Gasteiger partial charge in [-0.2, -0.15) is 0 Å². The van der Waals surface area contributed by atoms with Crippen LogP contribution in [0.25, 0.3) is 11.0 Å². The number of rotatable bonds is 6. The molecule has 1 aromatic carbocycles. The number of hydrogen-bond donors (Lipinski definition) is 0. The van der Waals surface area contributed by atoms with Crippen LogP contribution in [0.5, 0.6) is 0 Å². The summed E-state index contributed by atoms with van der Waals surface area (Å²) in [5.41, 5.74) is 2.90. The van der Waals surface area contributed by atoms with Gasteiger partial charge in [0.15, 0.2) is 0 Å². The number of nitrogens with zero attached hydrogens (tertiary/aromatic N) is 3. The van der Waals surface area contributed by atoms with E-state index in [4.69, 9.17) is 0 Å². The van der Waals surface area contributed by atoms with E-state index in [-0.39, 0.29) is 11.7 Å². The Morgan fingerprint density at radius 2 is 2.14 bits per heavy atom. The molecule has 108 valence electrons. The van der Waals surface area contributed by atoms with Crippen LogP contribution in [0.15, 0.2) is 18.2 Å². The SMILES string of the molecule is O=CC(Cc1ccc2nnn(C3CC3)c2c1)C(=O)C1CC1. The van der Waals surface area contributed by atoms with Crippen molar-refractivity contribution in [2.24, 2.45) is 11.8 Å². The number of fused-ring (bicyclic) bond motifs is 1. The van der Waals surface area contributed by atoms with Gasteiger partial charge in [-0.3, -0.25) is 4.79 Å². The van der Waals surface area contributed by atoms with Crippen molar-refractivity contribution in [3.8, 4) is 0 Å². The highest BCUT2D eigenvalue weighted by molar-refractivity contribution is 5.96. The maximum atomic E-state index is 12.1.